The van der Waals surface area contributed by atoms with Crippen LogP contribution in [-0.4, -0.2) is 29.8 Å². The molecule has 0 aromatic heterocycles. The molecule has 4 heteroatoms. The number of carbonyl (C=O) groups excluding carboxylic acids is 2. The quantitative estimate of drug-likeness (QED) is 0.822. The summed E-state index contributed by atoms with van der Waals surface area (Å²) in [5.74, 6) is -0.223. The van der Waals surface area contributed by atoms with Gasteiger partial charge in [-0.3, -0.25) is 19.8 Å². The Morgan fingerprint density at radius 2 is 1.94 bits per heavy atom. The van der Waals surface area contributed by atoms with Crippen LogP contribution < -0.4 is 5.32 Å². The summed E-state index contributed by atoms with van der Waals surface area (Å²) in [5.41, 5.74) is 1.14. The number of piperidine rings is 1. The molecule has 0 radical (unpaired) electrons. The van der Waals surface area contributed by atoms with Gasteiger partial charge in [0.05, 0.1) is 6.04 Å². The average molecular weight is 246 g/mol. The van der Waals surface area contributed by atoms with Crippen LogP contribution in [0.3, 0.4) is 0 Å². The zero-order chi connectivity index (χ0) is 13.1. The second-order valence-corrected chi connectivity index (χ2v) is 4.68. The van der Waals surface area contributed by atoms with Crippen molar-refractivity contribution in [1.29, 1.82) is 0 Å². The molecule has 2 amide bonds. The highest BCUT2D eigenvalue weighted by atomic mass is 16.2. The number of hydrogen-bond donors (Lipinski definition) is 1. The van der Waals surface area contributed by atoms with Gasteiger partial charge in [-0.2, -0.15) is 0 Å². The summed E-state index contributed by atoms with van der Waals surface area (Å²) in [6, 6.07) is 9.82. The van der Waals surface area contributed by atoms with Gasteiger partial charge in [0.25, 0.3) is 0 Å². The number of hydrogen-bond acceptors (Lipinski definition) is 3. The SMILES string of the molecule is CC(NC1CCC(=O)N(C)C1=O)c1ccccc1. The van der Waals surface area contributed by atoms with E-state index >= 15 is 0 Å². The van der Waals surface area contributed by atoms with Crippen LogP contribution in [0.15, 0.2) is 30.3 Å². The molecule has 4 nitrogen and oxygen atoms in total. The Morgan fingerprint density at radius 3 is 2.61 bits per heavy atom. The molecule has 1 N–H and O–H groups in total. The Hall–Kier alpha value is -1.68. The molecular weight excluding hydrogens is 228 g/mol. The van der Waals surface area contributed by atoms with E-state index in [4.69, 9.17) is 0 Å². The van der Waals surface area contributed by atoms with Gasteiger partial charge in [0.2, 0.25) is 11.8 Å². The molecule has 0 aliphatic carbocycles. The zero-order valence-corrected chi connectivity index (χ0v) is 10.7. The van der Waals surface area contributed by atoms with Gasteiger partial charge in [0.15, 0.2) is 0 Å². The lowest BCUT2D eigenvalue weighted by Crippen LogP contribution is -2.51. The van der Waals surface area contributed by atoms with E-state index in [0.29, 0.717) is 12.8 Å². The van der Waals surface area contributed by atoms with Crippen molar-refractivity contribution in [3.63, 3.8) is 0 Å². The largest absolute Gasteiger partial charge is 0.299 e. The van der Waals surface area contributed by atoms with E-state index < -0.39 is 0 Å². The fourth-order valence-corrected chi connectivity index (χ4v) is 2.21. The third-order valence-corrected chi connectivity index (χ3v) is 3.40. The average Bonchev–Trinajstić information content (AvgIpc) is 2.40. The highest BCUT2D eigenvalue weighted by Gasteiger charge is 2.32. The Bertz CT molecular complexity index is 444. The monoisotopic (exact) mass is 246 g/mol. The molecule has 1 aromatic carbocycles. The number of imide groups is 1. The fraction of sp³-hybridized carbons (Fsp3) is 0.429. The molecule has 1 aliphatic rings. The first kappa shape index (κ1) is 12.8. The molecule has 1 aliphatic heterocycles. The predicted octanol–water partition coefficient (Wildman–Crippen LogP) is 1.48. The second-order valence-electron chi connectivity index (χ2n) is 4.68. The minimum atomic E-state index is -0.261. The van der Waals surface area contributed by atoms with Gasteiger partial charge < -0.3 is 0 Å². The van der Waals surface area contributed by atoms with E-state index in [1.54, 1.807) is 7.05 Å². The number of likely N-dealkylation sites (N-methyl/N-ethyl adjacent to an activating group) is 1. The van der Waals surface area contributed by atoms with Crippen LogP contribution in [0.1, 0.15) is 31.4 Å². The highest BCUT2D eigenvalue weighted by molar-refractivity contribution is 6.00. The van der Waals surface area contributed by atoms with E-state index in [0.717, 1.165) is 5.56 Å². The van der Waals surface area contributed by atoms with E-state index in [1.807, 2.05) is 37.3 Å². The molecule has 1 aromatic rings. The lowest BCUT2D eigenvalue weighted by molar-refractivity contribution is -0.148. The van der Waals surface area contributed by atoms with Gasteiger partial charge in [0.1, 0.15) is 0 Å². The van der Waals surface area contributed by atoms with Gasteiger partial charge >= 0.3 is 0 Å². The molecule has 0 bridgehead atoms. The molecule has 1 saturated heterocycles. The minimum Gasteiger partial charge on any atom is -0.299 e. The minimum absolute atomic E-state index is 0.0922. The standard InChI is InChI=1S/C14H18N2O2/c1-10(11-6-4-3-5-7-11)15-12-8-9-13(17)16(2)14(12)18/h3-7,10,12,15H,8-9H2,1-2H3. The second kappa shape index (κ2) is 5.31. The molecule has 2 atom stereocenters. The van der Waals surface area contributed by atoms with Gasteiger partial charge in [0, 0.05) is 19.5 Å². The van der Waals surface area contributed by atoms with Crippen molar-refractivity contribution in [2.45, 2.75) is 31.8 Å². The maximum Gasteiger partial charge on any atom is 0.246 e. The summed E-state index contributed by atoms with van der Waals surface area (Å²) in [7, 11) is 1.55. The molecular formula is C14H18N2O2. The Balaban J connectivity index is 2.02. The molecule has 1 heterocycles. The first-order valence-electron chi connectivity index (χ1n) is 6.21. The summed E-state index contributed by atoms with van der Waals surface area (Å²) < 4.78 is 0. The maximum atomic E-state index is 11.9. The van der Waals surface area contributed by atoms with E-state index in [9.17, 15) is 9.59 Å². The van der Waals surface area contributed by atoms with Crippen LogP contribution >= 0.6 is 0 Å². The van der Waals surface area contributed by atoms with Gasteiger partial charge in [-0.25, -0.2) is 0 Å². The van der Waals surface area contributed by atoms with E-state index in [-0.39, 0.29) is 23.9 Å². The van der Waals surface area contributed by atoms with Crippen LogP contribution in [0.25, 0.3) is 0 Å². The number of likely N-dealkylation sites (tertiary alicyclic amines) is 1. The molecule has 2 rings (SSSR count). The zero-order valence-electron chi connectivity index (χ0n) is 10.7. The number of amides is 2. The van der Waals surface area contributed by atoms with Crippen molar-refractivity contribution < 1.29 is 9.59 Å². The van der Waals surface area contributed by atoms with Crippen LogP contribution in [0.4, 0.5) is 0 Å². The summed E-state index contributed by atoms with van der Waals surface area (Å²) in [5, 5.41) is 3.29. The topological polar surface area (TPSA) is 49.4 Å². The molecule has 2 unspecified atom stereocenters. The van der Waals surface area contributed by atoms with Crippen LogP contribution in [0, 0.1) is 0 Å². The highest BCUT2D eigenvalue weighted by Crippen LogP contribution is 2.17. The lowest BCUT2D eigenvalue weighted by atomic mass is 10.0. The molecule has 1 fully saturated rings. The fourth-order valence-electron chi connectivity index (χ4n) is 2.21. The maximum absolute atomic E-state index is 11.9. The van der Waals surface area contributed by atoms with Gasteiger partial charge in [-0.1, -0.05) is 30.3 Å². The third-order valence-electron chi connectivity index (χ3n) is 3.40. The van der Waals surface area contributed by atoms with Gasteiger partial charge in [-0.05, 0) is 18.9 Å². The Kier molecular flexibility index (Phi) is 3.77. The molecule has 18 heavy (non-hydrogen) atoms. The Labute approximate surface area is 107 Å². The smallest absolute Gasteiger partial charge is 0.246 e. The van der Waals surface area contributed by atoms with Crippen molar-refractivity contribution in [3.05, 3.63) is 35.9 Å². The molecule has 0 saturated carbocycles. The van der Waals surface area contributed by atoms with E-state index in [2.05, 4.69) is 5.32 Å². The number of carbonyl (C=O) groups is 2. The number of nitrogens with zero attached hydrogens (tertiary/aromatic N) is 1. The normalized spacial score (nSPS) is 22.1. The van der Waals surface area contributed by atoms with Crippen LogP contribution in [-0.2, 0) is 9.59 Å². The van der Waals surface area contributed by atoms with E-state index in [1.165, 1.54) is 4.90 Å². The Morgan fingerprint density at radius 1 is 1.28 bits per heavy atom. The number of benzene rings is 1. The van der Waals surface area contributed by atoms with Crippen molar-refractivity contribution >= 4 is 11.8 Å². The number of rotatable bonds is 3. The first-order valence-corrected chi connectivity index (χ1v) is 6.21. The van der Waals surface area contributed by atoms with Crippen LogP contribution in [0.2, 0.25) is 0 Å². The number of nitrogens with one attached hydrogen (secondary N) is 1. The molecule has 96 valence electrons. The lowest BCUT2D eigenvalue weighted by Gasteiger charge is -2.30. The van der Waals surface area contributed by atoms with Crippen molar-refractivity contribution in [2.24, 2.45) is 0 Å². The van der Waals surface area contributed by atoms with Crippen molar-refractivity contribution in [3.8, 4) is 0 Å². The van der Waals surface area contributed by atoms with Crippen LogP contribution in [0.5, 0.6) is 0 Å². The first-order chi connectivity index (χ1) is 8.59. The summed E-state index contributed by atoms with van der Waals surface area (Å²) >= 11 is 0. The molecule has 0 spiro atoms. The summed E-state index contributed by atoms with van der Waals surface area (Å²) in [6.07, 6.45) is 1.01. The predicted molar refractivity (Wildman–Crippen MR) is 68.8 cm³/mol. The van der Waals surface area contributed by atoms with Gasteiger partial charge in [-0.15, -0.1) is 0 Å². The summed E-state index contributed by atoms with van der Waals surface area (Å²) in [4.78, 5) is 24.5. The third kappa shape index (κ3) is 2.59. The van der Waals surface area contributed by atoms with Crippen molar-refractivity contribution in [1.82, 2.24) is 10.2 Å². The van der Waals surface area contributed by atoms with Crippen molar-refractivity contribution in [2.75, 3.05) is 7.05 Å². The summed E-state index contributed by atoms with van der Waals surface area (Å²) in [6.45, 7) is 2.03.